The van der Waals surface area contributed by atoms with E-state index in [1.807, 2.05) is 104 Å². The molecule has 286 valence electrons. The molecule has 1 aliphatic heterocycles. The lowest BCUT2D eigenvalue weighted by molar-refractivity contribution is -0.171. The number of likely N-dealkylation sites (tertiary alicyclic amines) is 1. The van der Waals surface area contributed by atoms with Crippen LogP contribution in [-0.4, -0.2) is 65.5 Å². The average molecular weight is 748 g/mol. The maximum absolute atomic E-state index is 13.9. The van der Waals surface area contributed by atoms with Crippen LogP contribution in [0.25, 0.3) is 0 Å². The zero-order chi connectivity index (χ0) is 39.0. The van der Waals surface area contributed by atoms with Crippen LogP contribution in [0.1, 0.15) is 54.5 Å². The predicted octanol–water partition coefficient (Wildman–Crippen LogP) is 6.75. The molecule has 0 spiro atoms. The Hall–Kier alpha value is -6.50. The van der Waals surface area contributed by atoms with Gasteiger partial charge in [-0.05, 0) is 41.5 Å². The Morgan fingerprint density at radius 1 is 0.709 bits per heavy atom. The van der Waals surface area contributed by atoms with Gasteiger partial charge in [-0.2, -0.15) is 0 Å². The van der Waals surface area contributed by atoms with Gasteiger partial charge in [0.15, 0.2) is 6.04 Å². The van der Waals surface area contributed by atoms with Gasteiger partial charge in [0.05, 0.1) is 12.0 Å². The Labute approximate surface area is 320 Å². The molecule has 1 saturated heterocycles. The highest BCUT2D eigenvalue weighted by Gasteiger charge is 2.56. The normalized spacial score (nSPS) is 15.1. The number of carbonyl (C=O) groups excluding carboxylic acids is 5. The second kappa shape index (κ2) is 20.1. The number of ether oxygens (including phenoxy) is 3. The number of guanidine groups is 1. The summed E-state index contributed by atoms with van der Waals surface area (Å²) in [5.74, 6) is -2.28. The van der Waals surface area contributed by atoms with Crippen molar-refractivity contribution in [3.63, 3.8) is 0 Å². The van der Waals surface area contributed by atoms with E-state index in [9.17, 15) is 24.0 Å². The second-order valence-electron chi connectivity index (χ2n) is 12.8. The topological polar surface area (TPSA) is 156 Å². The van der Waals surface area contributed by atoms with E-state index in [0.29, 0.717) is 6.42 Å². The molecule has 55 heavy (non-hydrogen) atoms. The Morgan fingerprint density at radius 2 is 1.16 bits per heavy atom. The first-order chi connectivity index (χ1) is 26.7. The fourth-order valence-electron chi connectivity index (χ4n) is 6.16. The van der Waals surface area contributed by atoms with Crippen LogP contribution in [0.4, 0.5) is 14.4 Å². The molecule has 2 unspecified atom stereocenters. The molecule has 13 heteroatoms. The van der Waals surface area contributed by atoms with Crippen LogP contribution in [0.3, 0.4) is 0 Å². The van der Waals surface area contributed by atoms with Gasteiger partial charge >= 0.3 is 24.2 Å². The molecular formula is C42H45N5O8. The third kappa shape index (κ3) is 11.2. The van der Waals surface area contributed by atoms with Gasteiger partial charge in [0.25, 0.3) is 0 Å². The molecule has 5 amide bonds. The molecule has 1 aliphatic rings. The highest BCUT2D eigenvalue weighted by atomic mass is 16.6. The number of imide groups is 1. The zero-order valence-corrected chi connectivity index (χ0v) is 30.8. The van der Waals surface area contributed by atoms with E-state index < -0.39 is 42.1 Å². The van der Waals surface area contributed by atoms with Crippen LogP contribution in [-0.2, 0) is 43.6 Å². The van der Waals surface area contributed by atoms with Crippen molar-refractivity contribution in [2.24, 2.45) is 10.9 Å². The number of hydrogen-bond donors (Lipinski definition) is 2. The molecule has 13 nitrogen and oxygen atoms in total. The summed E-state index contributed by atoms with van der Waals surface area (Å²) in [6.07, 6.45) is -0.714. The molecule has 4 aromatic rings. The molecule has 0 saturated carbocycles. The van der Waals surface area contributed by atoms with Gasteiger partial charge in [-0.25, -0.2) is 24.1 Å². The van der Waals surface area contributed by atoms with Crippen LogP contribution in [0, 0.1) is 5.92 Å². The number of β-lactam (4-membered cyclic amide) rings is 1. The number of nitrogens with zero attached hydrogens (tertiary/aromatic N) is 3. The van der Waals surface area contributed by atoms with Gasteiger partial charge in [0.1, 0.15) is 19.8 Å². The number of benzene rings is 4. The van der Waals surface area contributed by atoms with Crippen molar-refractivity contribution >= 4 is 36.1 Å². The second-order valence-corrected chi connectivity index (χ2v) is 12.8. The summed E-state index contributed by atoms with van der Waals surface area (Å²) in [6.45, 7) is 1.92. The van der Waals surface area contributed by atoms with E-state index in [1.54, 1.807) is 31.3 Å². The summed E-state index contributed by atoms with van der Waals surface area (Å²) < 4.78 is 16.2. The highest BCUT2D eigenvalue weighted by Crippen LogP contribution is 2.35. The molecule has 5 rings (SSSR count). The zero-order valence-electron chi connectivity index (χ0n) is 30.8. The van der Waals surface area contributed by atoms with Crippen molar-refractivity contribution in [1.29, 1.82) is 0 Å². The third-order valence-electron chi connectivity index (χ3n) is 9.04. The number of hydrogen-bond acceptors (Lipinski definition) is 9. The molecular weight excluding hydrogens is 702 g/mol. The molecule has 0 radical (unpaired) electrons. The van der Waals surface area contributed by atoms with Crippen LogP contribution in [0.5, 0.6) is 0 Å². The van der Waals surface area contributed by atoms with Crippen molar-refractivity contribution in [1.82, 2.24) is 20.4 Å². The summed E-state index contributed by atoms with van der Waals surface area (Å²) in [5, 5.41) is 4.88. The molecule has 0 aromatic heterocycles. The van der Waals surface area contributed by atoms with Gasteiger partial charge in [-0.3, -0.25) is 20.4 Å². The third-order valence-corrected chi connectivity index (χ3v) is 9.04. The minimum absolute atomic E-state index is 0.0152. The van der Waals surface area contributed by atoms with E-state index in [0.717, 1.165) is 27.2 Å². The molecule has 3 atom stereocenters. The van der Waals surface area contributed by atoms with Crippen molar-refractivity contribution in [3.8, 4) is 0 Å². The maximum Gasteiger partial charge on any atom is 0.414 e. The Kier molecular flexibility index (Phi) is 14.5. The lowest BCUT2D eigenvalue weighted by atomic mass is 9.83. The fourth-order valence-corrected chi connectivity index (χ4v) is 6.16. The highest BCUT2D eigenvalue weighted by molar-refractivity contribution is 6.08. The van der Waals surface area contributed by atoms with Crippen LogP contribution in [0.15, 0.2) is 126 Å². The number of urea groups is 1. The molecule has 4 aromatic carbocycles. The number of rotatable bonds is 14. The Morgan fingerprint density at radius 3 is 1.64 bits per heavy atom. The summed E-state index contributed by atoms with van der Waals surface area (Å²) in [5.41, 5.74) is 3.18. The van der Waals surface area contributed by atoms with Crippen molar-refractivity contribution in [2.45, 2.75) is 58.1 Å². The summed E-state index contributed by atoms with van der Waals surface area (Å²) >= 11 is 0. The fraction of sp³-hybridized carbons (Fsp3) is 0.286. The number of amides is 5. The first-order valence-electron chi connectivity index (χ1n) is 18.1. The van der Waals surface area contributed by atoms with Crippen molar-refractivity contribution in [3.05, 3.63) is 144 Å². The Balaban J connectivity index is 1.25. The molecule has 0 aliphatic carbocycles. The average Bonchev–Trinajstić information content (AvgIpc) is 3.21. The van der Waals surface area contributed by atoms with Gasteiger partial charge < -0.3 is 19.1 Å². The quantitative estimate of drug-likeness (QED) is 0.0359. The van der Waals surface area contributed by atoms with Crippen LogP contribution < -0.4 is 10.6 Å². The largest absolute Gasteiger partial charge is 0.459 e. The van der Waals surface area contributed by atoms with E-state index >= 15 is 0 Å². The molecule has 0 bridgehead atoms. The van der Waals surface area contributed by atoms with E-state index in [2.05, 4.69) is 15.6 Å². The number of esters is 1. The van der Waals surface area contributed by atoms with Gasteiger partial charge in [0.2, 0.25) is 11.9 Å². The van der Waals surface area contributed by atoms with Gasteiger partial charge in [0, 0.05) is 13.6 Å². The maximum atomic E-state index is 13.9. The summed E-state index contributed by atoms with van der Waals surface area (Å²) in [6, 6.07) is 34.6. The number of carbonyl (C=O) groups is 5. The van der Waals surface area contributed by atoms with Crippen LogP contribution in [0.2, 0.25) is 0 Å². The summed E-state index contributed by atoms with van der Waals surface area (Å²) in [4.78, 5) is 73.2. The van der Waals surface area contributed by atoms with E-state index in [1.165, 1.54) is 4.90 Å². The minimum atomic E-state index is -1.15. The lowest BCUT2D eigenvalue weighted by Crippen LogP contribution is -2.68. The van der Waals surface area contributed by atoms with Crippen molar-refractivity contribution in [2.75, 3.05) is 13.6 Å². The summed E-state index contributed by atoms with van der Waals surface area (Å²) in [7, 11) is 1.61. The van der Waals surface area contributed by atoms with Gasteiger partial charge in [-0.1, -0.05) is 128 Å². The van der Waals surface area contributed by atoms with E-state index in [4.69, 9.17) is 14.2 Å². The van der Waals surface area contributed by atoms with Crippen LogP contribution >= 0.6 is 0 Å². The number of aliphatic imine (C=N–C) groups is 1. The standard InChI is InChI=1S/C42H45N5O8/c1-3-35(33-23-14-7-15-24-33)46(2)42(52)47-36(38(49)53-27-30-17-8-4-9-18-30)34(37(47)48)25-16-26-43-39(44-40(50)54-28-31-19-10-5-11-20-31)45-41(51)55-29-32-21-12-6-13-22-32/h4-15,17-24,34-36H,3,16,25-29H2,1-2H3,(H2,43,44,45,50,51)/t34-,35?,36?/m1/s1. The number of alkyl carbamates (subject to hydrolysis) is 2. The van der Waals surface area contributed by atoms with E-state index in [-0.39, 0.29) is 51.2 Å². The van der Waals surface area contributed by atoms with Gasteiger partial charge in [-0.15, -0.1) is 0 Å². The first-order valence-corrected chi connectivity index (χ1v) is 18.1. The Bertz CT molecular complexity index is 1850. The molecule has 1 heterocycles. The molecule has 2 N–H and O–H groups in total. The van der Waals surface area contributed by atoms with Crippen molar-refractivity contribution < 1.29 is 38.2 Å². The smallest absolute Gasteiger partial charge is 0.414 e. The lowest BCUT2D eigenvalue weighted by Gasteiger charge is -2.46. The SMILES string of the molecule is CCC(c1ccccc1)N(C)C(=O)N1C(=O)[C@H](CCCN=C(NC(=O)OCc2ccccc2)NC(=O)OCc2ccccc2)C1C(=O)OCc1ccccc1. The predicted molar refractivity (Wildman–Crippen MR) is 204 cm³/mol. The number of nitrogens with one attached hydrogen (secondary N) is 2. The first kappa shape index (κ1) is 39.7. The molecule has 1 fully saturated rings. The monoisotopic (exact) mass is 747 g/mol. The minimum Gasteiger partial charge on any atom is -0.459 e.